The first-order valence-corrected chi connectivity index (χ1v) is 11.1. The van der Waals surface area contributed by atoms with Gasteiger partial charge in [0.25, 0.3) is 0 Å². The summed E-state index contributed by atoms with van der Waals surface area (Å²) in [6, 6.07) is 11.5. The van der Waals surface area contributed by atoms with Gasteiger partial charge in [-0.2, -0.15) is 0 Å². The van der Waals surface area contributed by atoms with E-state index in [1.807, 2.05) is 24.3 Å². The number of primary amides is 1. The van der Waals surface area contributed by atoms with E-state index in [0.717, 1.165) is 12.0 Å². The number of hydrogen-bond acceptors (Lipinski definition) is 6. The van der Waals surface area contributed by atoms with Gasteiger partial charge in [-0.1, -0.05) is 24.3 Å². The third-order valence-corrected chi connectivity index (χ3v) is 5.55. The number of carbonyl (C=O) groups excluding carboxylic acids is 3. The van der Waals surface area contributed by atoms with E-state index in [0.29, 0.717) is 36.3 Å². The smallest absolute Gasteiger partial charge is 0.414 e. The average molecular weight is 472 g/mol. The fourth-order valence-corrected chi connectivity index (χ4v) is 3.63. The van der Waals surface area contributed by atoms with Crippen molar-refractivity contribution in [2.45, 2.75) is 38.5 Å². The van der Waals surface area contributed by atoms with Crippen molar-refractivity contribution in [2.75, 3.05) is 24.5 Å². The second kappa shape index (κ2) is 11.6. The van der Waals surface area contributed by atoms with E-state index in [9.17, 15) is 18.8 Å². The summed E-state index contributed by atoms with van der Waals surface area (Å²) >= 11 is 0. The Morgan fingerprint density at radius 3 is 2.62 bits per heavy atom. The van der Waals surface area contributed by atoms with Gasteiger partial charge in [-0.25, -0.2) is 9.18 Å². The molecule has 9 nitrogen and oxygen atoms in total. The zero-order valence-electron chi connectivity index (χ0n) is 19.1. The van der Waals surface area contributed by atoms with Crippen molar-refractivity contribution in [3.8, 4) is 11.1 Å². The van der Waals surface area contributed by atoms with Gasteiger partial charge < -0.3 is 26.8 Å². The molecule has 182 valence electrons. The van der Waals surface area contributed by atoms with E-state index in [2.05, 4.69) is 10.6 Å². The van der Waals surface area contributed by atoms with Crippen LogP contribution in [0.1, 0.15) is 25.3 Å². The minimum absolute atomic E-state index is 0.209. The van der Waals surface area contributed by atoms with Gasteiger partial charge in [0.15, 0.2) is 0 Å². The van der Waals surface area contributed by atoms with Crippen LogP contribution in [0.15, 0.2) is 42.5 Å². The molecule has 3 amide bonds. The number of halogens is 1. The molecular weight excluding hydrogens is 441 g/mol. The number of nitrogens with zero attached hydrogens (tertiary/aromatic N) is 1. The highest BCUT2D eigenvalue weighted by atomic mass is 19.1. The Kier molecular flexibility index (Phi) is 8.55. The lowest BCUT2D eigenvalue weighted by Gasteiger charge is -2.15. The minimum Gasteiger partial charge on any atom is -0.442 e. The molecule has 3 rings (SSSR count). The maximum absolute atomic E-state index is 14.9. The SMILES string of the molecule is CC(=O)NC[C@H]1CN(c2ccc(-c3ccc(CNCCC[C@@H](N)C(N)=O)cc3)c(F)c2)C(=O)O1. The molecule has 1 aliphatic rings. The molecule has 10 heteroatoms. The molecule has 0 radical (unpaired) electrons. The van der Waals surface area contributed by atoms with Gasteiger partial charge in [-0.05, 0) is 48.7 Å². The molecule has 1 fully saturated rings. The van der Waals surface area contributed by atoms with E-state index >= 15 is 0 Å². The monoisotopic (exact) mass is 471 g/mol. The standard InChI is InChI=1S/C24H30FN5O4/c1-15(31)29-13-19-14-30(24(33)34-19)18-8-9-20(21(25)11-18)17-6-4-16(5-7-17)12-28-10-2-3-22(26)23(27)32/h4-9,11,19,22,28H,2-3,10,12-14,26H2,1H3,(H2,27,32)(H,29,31)/t19-,22+/m0/s1. The molecule has 1 aliphatic heterocycles. The van der Waals surface area contributed by atoms with Crippen molar-refractivity contribution in [3.63, 3.8) is 0 Å². The van der Waals surface area contributed by atoms with E-state index in [1.165, 1.54) is 17.9 Å². The first-order valence-electron chi connectivity index (χ1n) is 11.1. The van der Waals surface area contributed by atoms with Crippen molar-refractivity contribution in [3.05, 3.63) is 53.8 Å². The van der Waals surface area contributed by atoms with Gasteiger partial charge in [-0.15, -0.1) is 0 Å². The number of ether oxygens (including phenoxy) is 1. The van der Waals surface area contributed by atoms with E-state index in [1.54, 1.807) is 12.1 Å². The summed E-state index contributed by atoms with van der Waals surface area (Å²) in [6.45, 7) is 3.15. The Morgan fingerprint density at radius 2 is 1.97 bits per heavy atom. The van der Waals surface area contributed by atoms with Crippen molar-refractivity contribution in [2.24, 2.45) is 11.5 Å². The minimum atomic E-state index is -0.622. The number of carbonyl (C=O) groups is 3. The fraction of sp³-hybridized carbons (Fsp3) is 0.375. The van der Waals surface area contributed by atoms with Crippen LogP contribution in [0.3, 0.4) is 0 Å². The first kappa shape index (κ1) is 25.1. The molecule has 1 heterocycles. The Hall–Kier alpha value is -3.50. The van der Waals surface area contributed by atoms with Crippen LogP contribution in [0, 0.1) is 5.82 Å². The topological polar surface area (TPSA) is 140 Å². The maximum atomic E-state index is 14.9. The first-order chi connectivity index (χ1) is 16.2. The summed E-state index contributed by atoms with van der Waals surface area (Å²) in [6.07, 6.45) is 0.205. The van der Waals surface area contributed by atoms with Crippen LogP contribution in [0.2, 0.25) is 0 Å². The molecule has 2 aromatic rings. The maximum Gasteiger partial charge on any atom is 0.414 e. The fourth-order valence-electron chi connectivity index (χ4n) is 3.63. The molecule has 1 saturated heterocycles. The molecule has 2 atom stereocenters. The van der Waals surface area contributed by atoms with Crippen LogP contribution in [-0.2, 0) is 20.9 Å². The van der Waals surface area contributed by atoms with Crippen LogP contribution in [0.4, 0.5) is 14.9 Å². The summed E-state index contributed by atoms with van der Waals surface area (Å²) in [5.41, 5.74) is 13.3. The van der Waals surface area contributed by atoms with Gasteiger partial charge >= 0.3 is 6.09 Å². The summed E-state index contributed by atoms with van der Waals surface area (Å²) in [4.78, 5) is 35.5. The predicted octanol–water partition coefficient (Wildman–Crippen LogP) is 1.64. The van der Waals surface area contributed by atoms with Gasteiger partial charge in [0.1, 0.15) is 11.9 Å². The van der Waals surface area contributed by atoms with Crippen LogP contribution in [0.5, 0.6) is 0 Å². The number of cyclic esters (lactones) is 1. The molecule has 0 aromatic heterocycles. The lowest BCUT2D eigenvalue weighted by Crippen LogP contribution is -2.36. The van der Waals surface area contributed by atoms with Crippen molar-refractivity contribution < 1.29 is 23.5 Å². The average Bonchev–Trinajstić information content (AvgIpc) is 3.18. The van der Waals surface area contributed by atoms with Gasteiger partial charge in [-0.3, -0.25) is 14.5 Å². The second-order valence-corrected chi connectivity index (χ2v) is 8.24. The number of benzene rings is 2. The van der Waals surface area contributed by atoms with Gasteiger partial charge in [0.05, 0.1) is 24.8 Å². The largest absolute Gasteiger partial charge is 0.442 e. The highest BCUT2D eigenvalue weighted by molar-refractivity contribution is 5.90. The third kappa shape index (κ3) is 6.75. The van der Waals surface area contributed by atoms with Gasteiger partial charge in [0.2, 0.25) is 11.8 Å². The van der Waals surface area contributed by atoms with Crippen molar-refractivity contribution in [1.82, 2.24) is 10.6 Å². The number of nitrogens with two attached hydrogens (primary N) is 2. The molecule has 0 unspecified atom stereocenters. The van der Waals surface area contributed by atoms with Crippen LogP contribution in [0.25, 0.3) is 11.1 Å². The molecule has 6 N–H and O–H groups in total. The molecular formula is C24H30FN5O4. The number of nitrogens with one attached hydrogen (secondary N) is 2. The van der Waals surface area contributed by atoms with Crippen LogP contribution < -0.4 is 27.0 Å². The number of rotatable bonds is 11. The lowest BCUT2D eigenvalue weighted by atomic mass is 10.0. The van der Waals surface area contributed by atoms with Crippen molar-refractivity contribution in [1.29, 1.82) is 0 Å². The van der Waals surface area contributed by atoms with E-state index < -0.39 is 30.0 Å². The number of hydrogen-bond donors (Lipinski definition) is 4. The zero-order valence-corrected chi connectivity index (χ0v) is 19.1. The molecule has 34 heavy (non-hydrogen) atoms. The Morgan fingerprint density at radius 1 is 1.24 bits per heavy atom. The Balaban J connectivity index is 1.55. The van der Waals surface area contributed by atoms with Crippen LogP contribution >= 0.6 is 0 Å². The van der Waals surface area contributed by atoms with Crippen molar-refractivity contribution >= 4 is 23.6 Å². The summed E-state index contributed by atoms with van der Waals surface area (Å²) in [5, 5.41) is 5.88. The van der Waals surface area contributed by atoms with E-state index in [-0.39, 0.29) is 19.0 Å². The Bertz CT molecular complexity index is 1030. The Labute approximate surface area is 197 Å². The predicted molar refractivity (Wildman–Crippen MR) is 126 cm³/mol. The third-order valence-electron chi connectivity index (χ3n) is 5.55. The lowest BCUT2D eigenvalue weighted by molar-refractivity contribution is -0.120. The summed E-state index contributed by atoms with van der Waals surface area (Å²) < 4.78 is 20.1. The quantitative estimate of drug-likeness (QED) is 0.367. The van der Waals surface area contributed by atoms with E-state index in [4.69, 9.17) is 16.2 Å². The summed E-state index contributed by atoms with van der Waals surface area (Å²) in [5.74, 6) is -1.16. The normalized spacial score (nSPS) is 16.3. The summed E-state index contributed by atoms with van der Waals surface area (Å²) in [7, 11) is 0. The number of anilines is 1. The zero-order chi connectivity index (χ0) is 24.7. The molecule has 0 aliphatic carbocycles. The molecule has 2 aromatic carbocycles. The second-order valence-electron chi connectivity index (χ2n) is 8.24. The molecule has 0 spiro atoms. The number of amides is 3. The van der Waals surface area contributed by atoms with Crippen LogP contribution in [-0.4, -0.2) is 49.7 Å². The highest BCUT2D eigenvalue weighted by Gasteiger charge is 2.32. The van der Waals surface area contributed by atoms with Gasteiger partial charge in [0, 0.05) is 19.0 Å². The molecule has 0 saturated carbocycles. The highest BCUT2D eigenvalue weighted by Crippen LogP contribution is 2.29. The molecule has 0 bridgehead atoms.